The van der Waals surface area contributed by atoms with Crippen LogP contribution in [0.3, 0.4) is 0 Å². The van der Waals surface area contributed by atoms with Crippen LogP contribution in [0.1, 0.15) is 16.1 Å². The predicted octanol–water partition coefficient (Wildman–Crippen LogP) is 2.64. The lowest BCUT2D eigenvalue weighted by Gasteiger charge is -2.04. The Morgan fingerprint density at radius 3 is 2.82 bits per heavy atom. The fourth-order valence-corrected chi connectivity index (χ4v) is 1.92. The van der Waals surface area contributed by atoms with E-state index in [1.807, 2.05) is 6.07 Å². The average Bonchev–Trinajstić information content (AvgIpc) is 2.76. The summed E-state index contributed by atoms with van der Waals surface area (Å²) < 4.78 is 0. The van der Waals surface area contributed by atoms with Crippen molar-refractivity contribution in [2.24, 2.45) is 0 Å². The minimum atomic E-state index is 0.326. The van der Waals surface area contributed by atoms with E-state index in [2.05, 4.69) is 10.2 Å². The molecule has 0 unspecified atom stereocenters. The molecular formula is C11H9Cl2N3O. The minimum Gasteiger partial charge on any atom is -0.296 e. The molecule has 0 N–H and O–H groups in total. The van der Waals surface area contributed by atoms with Crippen molar-refractivity contribution in [3.8, 4) is 0 Å². The van der Waals surface area contributed by atoms with Crippen LogP contribution in [0.2, 0.25) is 10.0 Å². The molecule has 1 aromatic heterocycles. The van der Waals surface area contributed by atoms with E-state index in [0.29, 0.717) is 35.0 Å². The van der Waals surface area contributed by atoms with Gasteiger partial charge in [0.1, 0.15) is 5.69 Å². The lowest BCUT2D eigenvalue weighted by Crippen LogP contribution is -2.05. The van der Waals surface area contributed by atoms with Gasteiger partial charge in [-0.2, -0.15) is 15.0 Å². The number of carbonyl (C=O) groups is 1. The molecule has 0 bridgehead atoms. The molecule has 0 atom stereocenters. The van der Waals surface area contributed by atoms with Gasteiger partial charge >= 0.3 is 0 Å². The van der Waals surface area contributed by atoms with E-state index in [0.717, 1.165) is 5.56 Å². The number of aldehydes is 1. The Hall–Kier alpha value is -1.39. The highest BCUT2D eigenvalue weighted by Gasteiger charge is 2.03. The molecule has 0 amide bonds. The number of aromatic nitrogens is 3. The van der Waals surface area contributed by atoms with Crippen molar-refractivity contribution in [2.75, 3.05) is 0 Å². The molecule has 0 aliphatic carbocycles. The molecule has 6 heteroatoms. The highest BCUT2D eigenvalue weighted by molar-refractivity contribution is 6.35. The van der Waals surface area contributed by atoms with Crippen molar-refractivity contribution in [2.45, 2.75) is 13.0 Å². The van der Waals surface area contributed by atoms with E-state index in [1.54, 1.807) is 12.1 Å². The van der Waals surface area contributed by atoms with Crippen LogP contribution in [0.5, 0.6) is 0 Å². The Morgan fingerprint density at radius 1 is 1.35 bits per heavy atom. The number of halogens is 2. The molecule has 0 saturated heterocycles. The number of hydrogen-bond acceptors (Lipinski definition) is 3. The maximum Gasteiger partial charge on any atom is 0.171 e. The maximum atomic E-state index is 10.4. The first-order valence-corrected chi connectivity index (χ1v) is 5.74. The Balaban J connectivity index is 2.04. The Labute approximate surface area is 108 Å². The van der Waals surface area contributed by atoms with Crippen molar-refractivity contribution in [3.05, 3.63) is 45.7 Å². The third-order valence-corrected chi connectivity index (χ3v) is 2.86. The smallest absolute Gasteiger partial charge is 0.171 e. The van der Waals surface area contributed by atoms with Gasteiger partial charge in [0.25, 0.3) is 0 Å². The summed E-state index contributed by atoms with van der Waals surface area (Å²) in [7, 11) is 0. The molecule has 2 rings (SSSR count). The van der Waals surface area contributed by atoms with Gasteiger partial charge in [-0.1, -0.05) is 29.3 Å². The zero-order valence-corrected chi connectivity index (χ0v) is 10.3. The molecule has 0 aliphatic rings. The Bertz CT molecular complexity index is 539. The molecule has 2 aromatic rings. The van der Waals surface area contributed by atoms with Gasteiger partial charge < -0.3 is 0 Å². The van der Waals surface area contributed by atoms with Crippen LogP contribution in [-0.2, 0) is 13.0 Å². The van der Waals surface area contributed by atoms with Crippen LogP contribution < -0.4 is 0 Å². The van der Waals surface area contributed by atoms with Crippen molar-refractivity contribution in [3.63, 3.8) is 0 Å². The van der Waals surface area contributed by atoms with Gasteiger partial charge in [-0.05, 0) is 24.1 Å². The Morgan fingerprint density at radius 2 is 2.18 bits per heavy atom. The van der Waals surface area contributed by atoms with Gasteiger partial charge in [-0.15, -0.1) is 0 Å². The predicted molar refractivity (Wildman–Crippen MR) is 65.6 cm³/mol. The molecule has 0 spiro atoms. The summed E-state index contributed by atoms with van der Waals surface area (Å²) in [6.07, 6.45) is 2.78. The summed E-state index contributed by atoms with van der Waals surface area (Å²) >= 11 is 11.8. The average molecular weight is 270 g/mol. The first-order chi connectivity index (χ1) is 8.19. The van der Waals surface area contributed by atoms with E-state index < -0.39 is 0 Å². The van der Waals surface area contributed by atoms with Gasteiger partial charge in [-0.25, -0.2) is 0 Å². The zero-order valence-electron chi connectivity index (χ0n) is 8.81. The van der Waals surface area contributed by atoms with Crippen LogP contribution >= 0.6 is 23.2 Å². The summed E-state index contributed by atoms with van der Waals surface area (Å²) in [6, 6.07) is 5.36. The molecule has 0 radical (unpaired) electrons. The van der Waals surface area contributed by atoms with Crippen LogP contribution in [0.15, 0.2) is 24.4 Å². The standard InChI is InChI=1S/C11H9Cl2N3O/c12-9-2-1-8(11(13)5-9)3-4-16-14-6-10(7-17)15-16/h1-2,5-7H,3-4H2. The quantitative estimate of drug-likeness (QED) is 0.802. The van der Waals surface area contributed by atoms with E-state index >= 15 is 0 Å². The molecule has 88 valence electrons. The molecular weight excluding hydrogens is 261 g/mol. The summed E-state index contributed by atoms with van der Waals surface area (Å²) in [6.45, 7) is 0.565. The van der Waals surface area contributed by atoms with Crippen molar-refractivity contribution in [1.82, 2.24) is 15.0 Å². The monoisotopic (exact) mass is 269 g/mol. The first kappa shape index (κ1) is 12.1. The normalized spacial score (nSPS) is 10.5. The molecule has 0 saturated carbocycles. The third-order valence-electron chi connectivity index (χ3n) is 2.27. The van der Waals surface area contributed by atoms with Crippen LogP contribution in [0.25, 0.3) is 0 Å². The van der Waals surface area contributed by atoms with Crippen LogP contribution in [0.4, 0.5) is 0 Å². The second kappa shape index (κ2) is 5.29. The number of carbonyl (C=O) groups excluding carboxylic acids is 1. The lowest BCUT2D eigenvalue weighted by atomic mass is 10.1. The van der Waals surface area contributed by atoms with Gasteiger partial charge in [0.15, 0.2) is 6.29 Å². The highest BCUT2D eigenvalue weighted by Crippen LogP contribution is 2.21. The topological polar surface area (TPSA) is 47.8 Å². The van der Waals surface area contributed by atoms with E-state index in [9.17, 15) is 4.79 Å². The number of rotatable bonds is 4. The van der Waals surface area contributed by atoms with Crippen molar-refractivity contribution < 1.29 is 4.79 Å². The number of hydrogen-bond donors (Lipinski definition) is 0. The van der Waals surface area contributed by atoms with E-state index in [4.69, 9.17) is 23.2 Å². The molecule has 17 heavy (non-hydrogen) atoms. The summed E-state index contributed by atoms with van der Waals surface area (Å²) in [5.74, 6) is 0. The summed E-state index contributed by atoms with van der Waals surface area (Å²) in [5, 5.41) is 9.15. The Kier molecular flexibility index (Phi) is 3.76. The first-order valence-electron chi connectivity index (χ1n) is 4.98. The van der Waals surface area contributed by atoms with Crippen LogP contribution in [0, 0.1) is 0 Å². The zero-order chi connectivity index (χ0) is 12.3. The SMILES string of the molecule is O=Cc1cnn(CCc2ccc(Cl)cc2Cl)n1. The minimum absolute atomic E-state index is 0.326. The van der Waals surface area contributed by atoms with Gasteiger partial charge in [-0.3, -0.25) is 4.79 Å². The van der Waals surface area contributed by atoms with Gasteiger partial charge in [0.05, 0.1) is 12.7 Å². The fraction of sp³-hybridized carbons (Fsp3) is 0.182. The van der Waals surface area contributed by atoms with Gasteiger partial charge in [0.2, 0.25) is 0 Å². The molecule has 1 aromatic carbocycles. The molecule has 4 nitrogen and oxygen atoms in total. The summed E-state index contributed by atoms with van der Waals surface area (Å²) in [4.78, 5) is 11.9. The number of benzene rings is 1. The van der Waals surface area contributed by atoms with Crippen LogP contribution in [-0.4, -0.2) is 21.3 Å². The van der Waals surface area contributed by atoms with E-state index in [-0.39, 0.29) is 0 Å². The van der Waals surface area contributed by atoms with Crippen molar-refractivity contribution >= 4 is 29.5 Å². The summed E-state index contributed by atoms with van der Waals surface area (Å²) in [5.41, 5.74) is 1.30. The fourth-order valence-electron chi connectivity index (χ4n) is 1.42. The van der Waals surface area contributed by atoms with Gasteiger partial charge in [0, 0.05) is 10.0 Å². The number of aryl methyl sites for hydroxylation is 2. The molecule has 0 fully saturated rings. The van der Waals surface area contributed by atoms with E-state index in [1.165, 1.54) is 11.0 Å². The van der Waals surface area contributed by atoms with Crippen molar-refractivity contribution in [1.29, 1.82) is 0 Å². The maximum absolute atomic E-state index is 10.4. The largest absolute Gasteiger partial charge is 0.296 e. The third kappa shape index (κ3) is 3.05. The number of nitrogens with zero attached hydrogens (tertiary/aromatic N) is 3. The molecule has 0 aliphatic heterocycles. The molecule has 1 heterocycles. The second-order valence-corrected chi connectivity index (χ2v) is 4.31. The lowest BCUT2D eigenvalue weighted by molar-refractivity contribution is 0.111. The second-order valence-electron chi connectivity index (χ2n) is 3.47. The highest BCUT2D eigenvalue weighted by atomic mass is 35.5.